The van der Waals surface area contributed by atoms with Gasteiger partial charge in [-0.15, -0.1) is 0 Å². The summed E-state index contributed by atoms with van der Waals surface area (Å²) >= 11 is 3.37. The highest BCUT2D eigenvalue weighted by Gasteiger charge is 2.15. The van der Waals surface area contributed by atoms with Crippen molar-refractivity contribution in [3.63, 3.8) is 0 Å². The van der Waals surface area contributed by atoms with Gasteiger partial charge in [0, 0.05) is 17.1 Å². The highest BCUT2D eigenvalue weighted by molar-refractivity contribution is 9.10. The molecule has 0 aromatic heterocycles. The van der Waals surface area contributed by atoms with Gasteiger partial charge in [0.1, 0.15) is 5.82 Å². The first kappa shape index (κ1) is 18.4. The molecule has 0 saturated carbocycles. The van der Waals surface area contributed by atoms with Crippen LogP contribution in [0.4, 0.5) is 4.39 Å². The molecule has 0 bridgehead atoms. The summed E-state index contributed by atoms with van der Waals surface area (Å²) in [6.45, 7) is 0.403. The van der Waals surface area contributed by atoms with Gasteiger partial charge in [0.05, 0.1) is 6.04 Å². The molecular formula is C19H20BrFN2O. The number of carbonyl (C=O) groups is 1. The number of hydrogen-bond acceptors (Lipinski definition) is 2. The van der Waals surface area contributed by atoms with E-state index in [-0.39, 0.29) is 17.8 Å². The van der Waals surface area contributed by atoms with Gasteiger partial charge >= 0.3 is 0 Å². The number of nitrogens with one attached hydrogen (secondary N) is 1. The smallest absolute Gasteiger partial charge is 0.244 e. The lowest BCUT2D eigenvalue weighted by Gasteiger charge is -2.24. The molecule has 1 unspecified atom stereocenters. The summed E-state index contributed by atoms with van der Waals surface area (Å²) in [7, 11) is 3.80. The van der Waals surface area contributed by atoms with Gasteiger partial charge in [-0.25, -0.2) is 4.39 Å². The molecule has 0 heterocycles. The Kier molecular flexibility index (Phi) is 6.70. The molecular weight excluding hydrogens is 371 g/mol. The van der Waals surface area contributed by atoms with Crippen LogP contribution < -0.4 is 5.32 Å². The monoisotopic (exact) mass is 390 g/mol. The fourth-order valence-electron chi connectivity index (χ4n) is 2.31. The summed E-state index contributed by atoms with van der Waals surface area (Å²) in [6, 6.07) is 14.0. The van der Waals surface area contributed by atoms with Crippen LogP contribution in [0, 0.1) is 5.82 Å². The zero-order valence-electron chi connectivity index (χ0n) is 13.7. The number of carbonyl (C=O) groups excluding carboxylic acids is 1. The maximum Gasteiger partial charge on any atom is 0.244 e. The van der Waals surface area contributed by atoms with Gasteiger partial charge in [-0.2, -0.15) is 0 Å². The van der Waals surface area contributed by atoms with E-state index >= 15 is 0 Å². The fourth-order valence-corrected chi connectivity index (χ4v) is 2.58. The molecule has 1 amide bonds. The highest BCUT2D eigenvalue weighted by Crippen LogP contribution is 2.18. The Hall–Kier alpha value is -1.98. The van der Waals surface area contributed by atoms with Crippen molar-refractivity contribution in [1.29, 1.82) is 0 Å². The van der Waals surface area contributed by atoms with Crippen LogP contribution in [0.25, 0.3) is 6.08 Å². The maximum absolute atomic E-state index is 13.4. The average molecular weight is 391 g/mol. The molecule has 2 aromatic rings. The largest absolute Gasteiger partial charge is 0.351 e. The van der Waals surface area contributed by atoms with Crippen LogP contribution in [0.2, 0.25) is 0 Å². The van der Waals surface area contributed by atoms with Gasteiger partial charge in [0.2, 0.25) is 5.91 Å². The van der Waals surface area contributed by atoms with Crippen molar-refractivity contribution in [2.75, 3.05) is 20.6 Å². The number of nitrogens with zero attached hydrogens (tertiary/aromatic N) is 1. The van der Waals surface area contributed by atoms with E-state index in [9.17, 15) is 9.18 Å². The molecule has 0 aliphatic carbocycles. The number of rotatable bonds is 6. The minimum atomic E-state index is -0.277. The van der Waals surface area contributed by atoms with Crippen molar-refractivity contribution >= 4 is 27.9 Å². The van der Waals surface area contributed by atoms with Crippen LogP contribution in [0.3, 0.4) is 0 Å². The number of likely N-dealkylation sites (N-methyl/N-ethyl adjacent to an activating group) is 1. The lowest BCUT2D eigenvalue weighted by Crippen LogP contribution is -2.33. The van der Waals surface area contributed by atoms with Crippen LogP contribution in [0.5, 0.6) is 0 Å². The first-order chi connectivity index (χ1) is 11.5. The third-order valence-corrected chi connectivity index (χ3v) is 4.15. The van der Waals surface area contributed by atoms with E-state index in [0.717, 1.165) is 15.6 Å². The molecule has 0 aliphatic heterocycles. The molecule has 1 atom stereocenters. The summed E-state index contributed by atoms with van der Waals surface area (Å²) in [5, 5.41) is 2.86. The topological polar surface area (TPSA) is 32.3 Å². The standard InChI is InChI=1S/C19H20BrFN2O/c1-23(2)18(15-4-3-5-17(21)12-15)13-22-19(24)11-8-14-6-9-16(20)10-7-14/h3-12,18H,13H2,1-2H3,(H,22,24)/b11-8+. The molecule has 126 valence electrons. The molecule has 2 rings (SSSR count). The predicted octanol–water partition coefficient (Wildman–Crippen LogP) is 4.02. The second-order valence-electron chi connectivity index (χ2n) is 5.66. The third kappa shape index (κ3) is 5.58. The summed E-state index contributed by atoms with van der Waals surface area (Å²) in [5.41, 5.74) is 1.78. The lowest BCUT2D eigenvalue weighted by atomic mass is 10.1. The Bertz CT molecular complexity index is 714. The van der Waals surface area contributed by atoms with Gasteiger partial charge in [0.25, 0.3) is 0 Å². The Labute approximate surface area is 150 Å². The Morgan fingerprint density at radius 3 is 2.58 bits per heavy atom. The number of halogens is 2. The number of amides is 1. The normalized spacial score (nSPS) is 12.5. The van der Waals surface area contributed by atoms with Gasteiger partial charge < -0.3 is 10.2 Å². The number of benzene rings is 2. The molecule has 3 nitrogen and oxygen atoms in total. The fraction of sp³-hybridized carbons (Fsp3) is 0.211. The molecule has 2 aromatic carbocycles. The van der Waals surface area contributed by atoms with Crippen molar-refractivity contribution in [3.05, 3.63) is 76.0 Å². The van der Waals surface area contributed by atoms with E-state index in [1.807, 2.05) is 49.3 Å². The van der Waals surface area contributed by atoms with Gasteiger partial charge in [-0.1, -0.05) is 40.2 Å². The van der Waals surface area contributed by atoms with Crippen LogP contribution in [-0.4, -0.2) is 31.4 Å². The summed E-state index contributed by atoms with van der Waals surface area (Å²) in [4.78, 5) is 14.0. The minimum absolute atomic E-state index is 0.0919. The van der Waals surface area contributed by atoms with E-state index in [1.54, 1.807) is 12.1 Å². The molecule has 24 heavy (non-hydrogen) atoms. The van der Waals surface area contributed by atoms with Crippen molar-refractivity contribution in [2.24, 2.45) is 0 Å². The molecule has 0 aliphatic rings. The van der Waals surface area contributed by atoms with Crippen molar-refractivity contribution in [3.8, 4) is 0 Å². The van der Waals surface area contributed by atoms with Crippen molar-refractivity contribution in [1.82, 2.24) is 10.2 Å². The molecule has 1 N–H and O–H groups in total. The summed E-state index contributed by atoms with van der Waals surface area (Å²) in [5.74, 6) is -0.456. The average Bonchev–Trinajstić information content (AvgIpc) is 2.54. The molecule has 0 fully saturated rings. The van der Waals surface area contributed by atoms with E-state index in [1.165, 1.54) is 18.2 Å². The lowest BCUT2D eigenvalue weighted by molar-refractivity contribution is -0.116. The number of hydrogen-bond donors (Lipinski definition) is 1. The second-order valence-corrected chi connectivity index (χ2v) is 6.58. The maximum atomic E-state index is 13.4. The van der Waals surface area contributed by atoms with Crippen LogP contribution in [-0.2, 0) is 4.79 Å². The highest BCUT2D eigenvalue weighted by atomic mass is 79.9. The van der Waals surface area contributed by atoms with E-state index in [4.69, 9.17) is 0 Å². The quantitative estimate of drug-likeness (QED) is 0.755. The van der Waals surface area contributed by atoms with Crippen LogP contribution >= 0.6 is 15.9 Å². The first-order valence-electron chi connectivity index (χ1n) is 7.59. The summed E-state index contributed by atoms with van der Waals surface area (Å²) in [6.07, 6.45) is 3.26. The molecule has 0 spiro atoms. The molecule has 5 heteroatoms. The SMILES string of the molecule is CN(C)C(CNC(=O)/C=C/c1ccc(Br)cc1)c1cccc(F)c1. The predicted molar refractivity (Wildman–Crippen MR) is 99.0 cm³/mol. The summed E-state index contributed by atoms with van der Waals surface area (Å²) < 4.78 is 14.4. The van der Waals surface area contributed by atoms with Crippen molar-refractivity contribution in [2.45, 2.75) is 6.04 Å². The zero-order chi connectivity index (χ0) is 17.5. The Morgan fingerprint density at radius 1 is 1.25 bits per heavy atom. The Morgan fingerprint density at radius 2 is 1.96 bits per heavy atom. The van der Waals surface area contributed by atoms with Gasteiger partial charge in [0.15, 0.2) is 0 Å². The van der Waals surface area contributed by atoms with Crippen molar-refractivity contribution < 1.29 is 9.18 Å². The van der Waals surface area contributed by atoms with Crippen LogP contribution in [0.15, 0.2) is 59.1 Å². The Balaban J connectivity index is 1.96. The second kappa shape index (κ2) is 8.76. The molecule has 0 radical (unpaired) electrons. The van der Waals surface area contributed by atoms with E-state index in [2.05, 4.69) is 21.2 Å². The van der Waals surface area contributed by atoms with E-state index in [0.29, 0.717) is 6.54 Å². The van der Waals surface area contributed by atoms with Gasteiger partial charge in [-0.3, -0.25) is 4.79 Å². The minimum Gasteiger partial charge on any atom is -0.351 e. The zero-order valence-corrected chi connectivity index (χ0v) is 15.3. The third-order valence-electron chi connectivity index (χ3n) is 3.62. The first-order valence-corrected chi connectivity index (χ1v) is 8.38. The molecule has 0 saturated heterocycles. The van der Waals surface area contributed by atoms with Gasteiger partial charge in [-0.05, 0) is 55.6 Å². The van der Waals surface area contributed by atoms with E-state index < -0.39 is 0 Å². The van der Waals surface area contributed by atoms with Crippen LogP contribution in [0.1, 0.15) is 17.2 Å².